The van der Waals surface area contributed by atoms with Gasteiger partial charge in [-0.1, -0.05) is 6.42 Å². The minimum Gasteiger partial charge on any atom is -0.206 e. The van der Waals surface area contributed by atoms with E-state index < -0.39 is 10.0 Å². The predicted octanol–water partition coefficient (Wildman–Crippen LogP) is 3.07. The molecule has 0 aliphatic carbocycles. The van der Waals surface area contributed by atoms with Crippen LogP contribution in [0.4, 0.5) is 0 Å². The fourth-order valence-electron chi connectivity index (χ4n) is 1.98. The number of rotatable bonds is 2. The van der Waals surface area contributed by atoms with Gasteiger partial charge in [0.25, 0.3) is 10.0 Å². The molecule has 1 aromatic heterocycles. The molecule has 90 valence electrons. The van der Waals surface area contributed by atoms with Gasteiger partial charge in [0.2, 0.25) is 0 Å². The van der Waals surface area contributed by atoms with Gasteiger partial charge in [-0.25, -0.2) is 8.42 Å². The van der Waals surface area contributed by atoms with E-state index in [9.17, 15) is 8.42 Å². The Kier molecular flexibility index (Phi) is 3.73. The van der Waals surface area contributed by atoms with Crippen LogP contribution in [0, 0.1) is 0 Å². The first-order valence-corrected chi connectivity index (χ1v) is 8.34. The molecule has 2 rings (SSSR count). The highest BCUT2D eigenvalue weighted by molar-refractivity contribution is 9.11. The van der Waals surface area contributed by atoms with E-state index in [0.29, 0.717) is 10.8 Å². The predicted molar refractivity (Wildman–Crippen MR) is 69.2 cm³/mol. The molecule has 1 saturated heterocycles. The highest BCUT2D eigenvalue weighted by Gasteiger charge is 2.31. The Bertz CT molecular complexity index is 469. The van der Waals surface area contributed by atoms with E-state index in [0.717, 1.165) is 23.0 Å². The molecule has 0 N–H and O–H groups in total. The summed E-state index contributed by atoms with van der Waals surface area (Å²) in [5, 5.41) is 0. The summed E-state index contributed by atoms with van der Waals surface area (Å²) in [7, 11) is -3.27. The van der Waals surface area contributed by atoms with Crippen molar-refractivity contribution in [2.45, 2.75) is 36.4 Å². The third-order valence-corrected chi connectivity index (χ3v) is 6.96. The minimum absolute atomic E-state index is 0.125. The smallest absolute Gasteiger partial charge is 0.206 e. The van der Waals surface area contributed by atoms with E-state index in [1.807, 2.05) is 6.92 Å². The highest BCUT2D eigenvalue weighted by Crippen LogP contribution is 2.31. The Morgan fingerprint density at radius 1 is 1.44 bits per heavy atom. The van der Waals surface area contributed by atoms with E-state index in [2.05, 4.69) is 15.9 Å². The number of hydrogen-bond donors (Lipinski definition) is 0. The van der Waals surface area contributed by atoms with Gasteiger partial charge in [-0.15, -0.1) is 11.3 Å². The van der Waals surface area contributed by atoms with Crippen LogP contribution in [0.5, 0.6) is 0 Å². The summed E-state index contributed by atoms with van der Waals surface area (Å²) < 4.78 is 27.6. The summed E-state index contributed by atoms with van der Waals surface area (Å²) in [6, 6.07) is 3.58. The minimum atomic E-state index is -3.27. The summed E-state index contributed by atoms with van der Waals surface area (Å²) in [6.07, 6.45) is 3.06. The third kappa shape index (κ3) is 2.34. The Morgan fingerprint density at radius 2 is 2.19 bits per heavy atom. The van der Waals surface area contributed by atoms with Crippen molar-refractivity contribution in [1.29, 1.82) is 0 Å². The highest BCUT2D eigenvalue weighted by atomic mass is 79.9. The number of halogens is 1. The van der Waals surface area contributed by atoms with Gasteiger partial charge in [-0.2, -0.15) is 4.31 Å². The van der Waals surface area contributed by atoms with Crippen molar-refractivity contribution < 1.29 is 8.42 Å². The zero-order valence-electron chi connectivity index (χ0n) is 9.02. The third-order valence-electron chi connectivity index (χ3n) is 2.85. The summed E-state index contributed by atoms with van der Waals surface area (Å²) in [5.41, 5.74) is 0. The number of piperidine rings is 1. The lowest BCUT2D eigenvalue weighted by atomic mass is 10.1. The zero-order chi connectivity index (χ0) is 11.8. The molecular weight excluding hydrogens is 310 g/mol. The molecule has 6 heteroatoms. The normalized spacial score (nSPS) is 23.5. The van der Waals surface area contributed by atoms with Gasteiger partial charge in [-0.05, 0) is 47.8 Å². The second-order valence-corrected chi connectivity index (χ2v) is 8.60. The average Bonchev–Trinajstić information content (AvgIpc) is 2.66. The Morgan fingerprint density at radius 3 is 2.75 bits per heavy atom. The van der Waals surface area contributed by atoms with Crippen LogP contribution in [0.3, 0.4) is 0 Å². The zero-order valence-corrected chi connectivity index (χ0v) is 12.2. The Hall–Kier alpha value is 0.0900. The molecule has 1 fully saturated rings. The van der Waals surface area contributed by atoms with Gasteiger partial charge in [-0.3, -0.25) is 0 Å². The fraction of sp³-hybridized carbons (Fsp3) is 0.600. The summed E-state index contributed by atoms with van der Waals surface area (Å²) in [5.74, 6) is 0. The van der Waals surface area contributed by atoms with Gasteiger partial charge in [0, 0.05) is 12.6 Å². The number of nitrogens with zero attached hydrogens (tertiary/aromatic N) is 1. The molecule has 0 unspecified atom stereocenters. The summed E-state index contributed by atoms with van der Waals surface area (Å²) >= 11 is 4.58. The van der Waals surface area contributed by atoms with Gasteiger partial charge >= 0.3 is 0 Å². The topological polar surface area (TPSA) is 37.4 Å². The van der Waals surface area contributed by atoms with Gasteiger partial charge in [0.15, 0.2) is 0 Å². The monoisotopic (exact) mass is 323 g/mol. The fourth-order valence-corrected chi connectivity index (χ4v) is 5.82. The maximum Gasteiger partial charge on any atom is 0.252 e. The van der Waals surface area contributed by atoms with E-state index in [1.54, 1.807) is 16.4 Å². The van der Waals surface area contributed by atoms with Crippen LogP contribution in [0.25, 0.3) is 0 Å². The first-order chi connectivity index (χ1) is 7.51. The molecule has 0 aromatic carbocycles. The molecule has 0 amide bonds. The summed E-state index contributed by atoms with van der Waals surface area (Å²) in [6.45, 7) is 2.64. The van der Waals surface area contributed by atoms with Crippen LogP contribution in [-0.2, 0) is 10.0 Å². The van der Waals surface area contributed by atoms with E-state index in [1.165, 1.54) is 11.3 Å². The van der Waals surface area contributed by atoms with Crippen molar-refractivity contribution in [3.63, 3.8) is 0 Å². The molecule has 0 saturated carbocycles. The second kappa shape index (κ2) is 4.76. The molecule has 2 heterocycles. The second-order valence-electron chi connectivity index (χ2n) is 4.02. The molecule has 0 bridgehead atoms. The van der Waals surface area contributed by atoms with Crippen LogP contribution in [0.1, 0.15) is 26.2 Å². The van der Waals surface area contributed by atoms with E-state index in [-0.39, 0.29) is 6.04 Å². The first kappa shape index (κ1) is 12.5. The van der Waals surface area contributed by atoms with Crippen molar-refractivity contribution in [3.8, 4) is 0 Å². The lowest BCUT2D eigenvalue weighted by molar-refractivity contribution is 0.269. The molecule has 16 heavy (non-hydrogen) atoms. The molecule has 0 radical (unpaired) electrons. The average molecular weight is 324 g/mol. The van der Waals surface area contributed by atoms with Crippen LogP contribution < -0.4 is 0 Å². The van der Waals surface area contributed by atoms with Gasteiger partial charge in [0.05, 0.1) is 3.79 Å². The molecule has 1 aromatic rings. The maximum absolute atomic E-state index is 12.3. The molecule has 1 atom stereocenters. The lowest BCUT2D eigenvalue weighted by Crippen LogP contribution is -2.41. The largest absolute Gasteiger partial charge is 0.252 e. The van der Waals surface area contributed by atoms with Crippen molar-refractivity contribution in [2.75, 3.05) is 6.54 Å². The van der Waals surface area contributed by atoms with Crippen molar-refractivity contribution in [1.82, 2.24) is 4.31 Å². The molecular formula is C10H14BrNO2S2. The van der Waals surface area contributed by atoms with Crippen LogP contribution in [0.15, 0.2) is 20.1 Å². The van der Waals surface area contributed by atoms with Crippen LogP contribution in [0.2, 0.25) is 0 Å². The van der Waals surface area contributed by atoms with Gasteiger partial charge < -0.3 is 0 Å². The number of thiophene rings is 1. The SMILES string of the molecule is C[C@@H]1CCCCN1S(=O)(=O)c1ccc(Br)s1. The van der Waals surface area contributed by atoms with Crippen molar-refractivity contribution in [2.24, 2.45) is 0 Å². The standard InChI is InChI=1S/C10H14BrNO2S2/c1-8-4-2-3-7-12(8)16(13,14)10-6-5-9(11)15-10/h5-6,8H,2-4,7H2,1H3/t8-/m1/s1. The quantitative estimate of drug-likeness (QED) is 0.838. The maximum atomic E-state index is 12.3. The number of sulfonamides is 1. The Balaban J connectivity index is 2.31. The lowest BCUT2D eigenvalue weighted by Gasteiger charge is -2.31. The van der Waals surface area contributed by atoms with E-state index >= 15 is 0 Å². The summed E-state index contributed by atoms with van der Waals surface area (Å²) in [4.78, 5) is 0. The Labute approximate surface area is 109 Å². The first-order valence-electron chi connectivity index (χ1n) is 5.29. The molecule has 3 nitrogen and oxygen atoms in total. The van der Waals surface area contributed by atoms with Crippen molar-refractivity contribution >= 4 is 37.3 Å². The number of hydrogen-bond acceptors (Lipinski definition) is 3. The van der Waals surface area contributed by atoms with Gasteiger partial charge in [0.1, 0.15) is 4.21 Å². The molecule has 0 spiro atoms. The van der Waals surface area contributed by atoms with Crippen LogP contribution >= 0.6 is 27.3 Å². The molecule has 1 aliphatic rings. The molecule has 1 aliphatic heterocycles. The van der Waals surface area contributed by atoms with E-state index in [4.69, 9.17) is 0 Å². The van der Waals surface area contributed by atoms with Crippen molar-refractivity contribution in [3.05, 3.63) is 15.9 Å². The van der Waals surface area contributed by atoms with Crippen LogP contribution in [-0.4, -0.2) is 25.3 Å².